The van der Waals surface area contributed by atoms with Crippen LogP contribution in [0.15, 0.2) is 24.3 Å². The Kier molecular flexibility index (Phi) is 5.80. The predicted octanol–water partition coefficient (Wildman–Crippen LogP) is 2.22. The molecule has 100 valence electrons. The number of carbonyl (C=O) groups excluding carboxylic acids is 1. The maximum atomic E-state index is 11.6. The molecule has 1 aromatic rings. The van der Waals surface area contributed by atoms with Crippen molar-refractivity contribution in [2.75, 3.05) is 18.0 Å². The van der Waals surface area contributed by atoms with Crippen LogP contribution in [0.4, 0.5) is 5.69 Å². The summed E-state index contributed by atoms with van der Waals surface area (Å²) in [4.78, 5) is 11.6. The lowest BCUT2D eigenvalue weighted by Crippen LogP contribution is -2.28. The number of methoxy groups -OCH3 is 1. The Labute approximate surface area is 109 Å². The number of carbonyl (C=O) groups is 1. The number of ether oxygens (including phenoxy) is 1. The summed E-state index contributed by atoms with van der Waals surface area (Å²) in [5, 5.41) is 0. The number of benzene rings is 1. The first kappa shape index (κ1) is 14.7. The highest BCUT2D eigenvalue weighted by atomic mass is 32.2. The van der Waals surface area contributed by atoms with Crippen LogP contribution in [0.3, 0.4) is 0 Å². The minimum absolute atomic E-state index is 0.290. The van der Waals surface area contributed by atoms with Crippen LogP contribution in [-0.2, 0) is 16.0 Å². The third-order valence-corrected chi connectivity index (χ3v) is 3.24. The molecule has 1 aromatic carbocycles. The Hall–Kier alpha value is -1.40. The minimum atomic E-state index is -2.16. The summed E-state index contributed by atoms with van der Waals surface area (Å²) in [6.07, 6.45) is 1.66. The van der Waals surface area contributed by atoms with Crippen LogP contribution in [0.25, 0.3) is 0 Å². The van der Waals surface area contributed by atoms with Crippen molar-refractivity contribution in [2.45, 2.75) is 19.8 Å². The number of rotatable bonds is 6. The second-order valence-corrected chi connectivity index (χ2v) is 4.60. The van der Waals surface area contributed by atoms with Crippen LogP contribution in [0.1, 0.15) is 30.1 Å². The quantitative estimate of drug-likeness (QED) is 0.636. The second kappa shape index (κ2) is 7.13. The first-order chi connectivity index (χ1) is 8.61. The van der Waals surface area contributed by atoms with Gasteiger partial charge in [0.1, 0.15) is 0 Å². The molecule has 18 heavy (non-hydrogen) atoms. The van der Waals surface area contributed by atoms with Gasteiger partial charge in [-0.1, -0.05) is 25.5 Å². The van der Waals surface area contributed by atoms with Gasteiger partial charge >= 0.3 is 5.97 Å². The van der Waals surface area contributed by atoms with E-state index >= 15 is 0 Å². The van der Waals surface area contributed by atoms with Gasteiger partial charge in [0.25, 0.3) is 11.3 Å². The standard InChI is InChI=1S/C12H17NO4S/c1-3-4-9-13(18(15)16)11-8-6-5-7-10(11)12(14)17-2/h5-8H,3-4,9H2,1-2H3,(H,15,16). The van der Waals surface area contributed by atoms with Gasteiger partial charge < -0.3 is 4.74 Å². The molecule has 5 nitrogen and oxygen atoms in total. The first-order valence-electron chi connectivity index (χ1n) is 5.67. The number of hydrogen-bond acceptors (Lipinski definition) is 3. The smallest absolute Gasteiger partial charge is 0.340 e. The molecule has 0 aliphatic rings. The number of para-hydroxylation sites is 1. The number of esters is 1. The van der Waals surface area contributed by atoms with Crippen molar-refractivity contribution >= 4 is 22.9 Å². The van der Waals surface area contributed by atoms with Crippen LogP contribution in [0.5, 0.6) is 0 Å². The van der Waals surface area contributed by atoms with E-state index in [2.05, 4.69) is 4.74 Å². The fourth-order valence-corrected chi connectivity index (χ4v) is 2.17. The molecule has 0 bridgehead atoms. The average molecular weight is 271 g/mol. The fourth-order valence-electron chi connectivity index (χ4n) is 1.56. The van der Waals surface area contributed by atoms with Crippen molar-refractivity contribution in [3.8, 4) is 0 Å². The second-order valence-electron chi connectivity index (χ2n) is 3.70. The van der Waals surface area contributed by atoms with E-state index in [1.165, 1.54) is 11.4 Å². The molecule has 0 amide bonds. The normalized spacial score (nSPS) is 11.9. The molecular formula is C12H17NO4S. The molecule has 1 unspecified atom stereocenters. The summed E-state index contributed by atoms with van der Waals surface area (Å²) in [6, 6.07) is 6.62. The van der Waals surface area contributed by atoms with E-state index in [0.717, 1.165) is 12.8 Å². The summed E-state index contributed by atoms with van der Waals surface area (Å²) in [6.45, 7) is 2.40. The van der Waals surface area contributed by atoms with Gasteiger partial charge in [0.15, 0.2) is 0 Å². The van der Waals surface area contributed by atoms with E-state index < -0.39 is 17.2 Å². The van der Waals surface area contributed by atoms with Gasteiger partial charge in [0.2, 0.25) is 0 Å². The van der Waals surface area contributed by atoms with E-state index in [-0.39, 0.29) is 0 Å². The third kappa shape index (κ3) is 3.54. The van der Waals surface area contributed by atoms with Crippen molar-refractivity contribution in [3.63, 3.8) is 0 Å². The third-order valence-electron chi connectivity index (χ3n) is 2.48. The van der Waals surface area contributed by atoms with Gasteiger partial charge in [-0.25, -0.2) is 9.00 Å². The molecular weight excluding hydrogens is 254 g/mol. The van der Waals surface area contributed by atoms with Crippen LogP contribution in [-0.4, -0.2) is 28.4 Å². The molecule has 0 saturated carbocycles. The highest BCUT2D eigenvalue weighted by molar-refractivity contribution is 7.80. The van der Waals surface area contributed by atoms with Gasteiger partial charge in [-0.15, -0.1) is 0 Å². The summed E-state index contributed by atoms with van der Waals surface area (Å²) < 4.78 is 26.6. The summed E-state index contributed by atoms with van der Waals surface area (Å²) in [5.74, 6) is -0.516. The maximum absolute atomic E-state index is 11.6. The van der Waals surface area contributed by atoms with E-state index in [4.69, 9.17) is 0 Å². The zero-order valence-corrected chi connectivity index (χ0v) is 11.3. The van der Waals surface area contributed by atoms with Crippen LogP contribution in [0.2, 0.25) is 0 Å². The van der Waals surface area contributed by atoms with Gasteiger partial charge in [0, 0.05) is 6.54 Å². The fraction of sp³-hybridized carbons (Fsp3) is 0.417. The van der Waals surface area contributed by atoms with Crippen molar-refractivity contribution in [3.05, 3.63) is 29.8 Å². The number of hydrogen-bond donors (Lipinski definition) is 1. The first-order valence-corrected chi connectivity index (χ1v) is 6.74. The van der Waals surface area contributed by atoms with Crippen LogP contribution < -0.4 is 4.31 Å². The Bertz CT molecular complexity index is 436. The van der Waals surface area contributed by atoms with Crippen LogP contribution in [0, 0.1) is 0 Å². The summed E-state index contributed by atoms with van der Waals surface area (Å²) in [5.41, 5.74) is 0.706. The molecule has 0 aromatic heterocycles. The Balaban J connectivity index is 3.11. The molecule has 0 radical (unpaired) electrons. The van der Waals surface area contributed by atoms with E-state index in [1.54, 1.807) is 24.3 Å². The van der Waals surface area contributed by atoms with E-state index in [9.17, 15) is 13.6 Å². The average Bonchev–Trinajstić information content (AvgIpc) is 2.38. The van der Waals surface area contributed by atoms with Gasteiger partial charge in [-0.3, -0.25) is 8.86 Å². The monoisotopic (exact) mass is 271 g/mol. The SMILES string of the molecule is CCCCN(c1ccccc1C(=O)OC)S(=O)O. The van der Waals surface area contributed by atoms with Crippen molar-refractivity contribution in [1.29, 1.82) is 0 Å². The Morgan fingerprint density at radius 2 is 2.11 bits per heavy atom. The summed E-state index contributed by atoms with van der Waals surface area (Å²) >= 11 is -2.16. The highest BCUT2D eigenvalue weighted by Gasteiger charge is 2.19. The molecule has 1 atom stereocenters. The van der Waals surface area contributed by atoms with Gasteiger partial charge in [-0.2, -0.15) is 0 Å². The predicted molar refractivity (Wildman–Crippen MR) is 70.8 cm³/mol. The Morgan fingerprint density at radius 3 is 2.67 bits per heavy atom. The molecule has 0 fully saturated rings. The van der Waals surface area contributed by atoms with Crippen molar-refractivity contribution < 1.29 is 18.3 Å². The number of nitrogens with zero attached hydrogens (tertiary/aromatic N) is 1. The van der Waals surface area contributed by atoms with Gasteiger partial charge in [-0.05, 0) is 18.6 Å². The minimum Gasteiger partial charge on any atom is -0.465 e. The lowest BCUT2D eigenvalue weighted by molar-refractivity contribution is 0.0601. The summed E-state index contributed by atoms with van der Waals surface area (Å²) in [7, 11) is 1.28. The topological polar surface area (TPSA) is 66.8 Å². The molecule has 0 spiro atoms. The van der Waals surface area contributed by atoms with Gasteiger partial charge in [0.05, 0.1) is 18.4 Å². The highest BCUT2D eigenvalue weighted by Crippen LogP contribution is 2.22. The van der Waals surface area contributed by atoms with Crippen molar-refractivity contribution in [2.24, 2.45) is 0 Å². The Morgan fingerprint density at radius 1 is 1.44 bits per heavy atom. The largest absolute Gasteiger partial charge is 0.465 e. The molecule has 0 aliphatic carbocycles. The molecule has 0 heterocycles. The zero-order valence-electron chi connectivity index (χ0n) is 10.5. The molecule has 0 saturated heterocycles. The zero-order chi connectivity index (χ0) is 13.5. The van der Waals surface area contributed by atoms with E-state index in [1.807, 2.05) is 6.92 Å². The van der Waals surface area contributed by atoms with Crippen LogP contribution >= 0.6 is 0 Å². The number of anilines is 1. The molecule has 1 N–H and O–H groups in total. The maximum Gasteiger partial charge on any atom is 0.340 e. The van der Waals surface area contributed by atoms with E-state index in [0.29, 0.717) is 17.8 Å². The van der Waals surface area contributed by atoms with Crippen molar-refractivity contribution in [1.82, 2.24) is 0 Å². The number of unbranched alkanes of at least 4 members (excludes halogenated alkanes) is 1. The lowest BCUT2D eigenvalue weighted by Gasteiger charge is -2.21. The molecule has 1 rings (SSSR count). The lowest BCUT2D eigenvalue weighted by atomic mass is 10.1. The molecule has 6 heteroatoms. The molecule has 0 aliphatic heterocycles.